The third-order valence-electron chi connectivity index (χ3n) is 9.66. The van der Waals surface area contributed by atoms with Gasteiger partial charge in [0.25, 0.3) is 0 Å². The summed E-state index contributed by atoms with van der Waals surface area (Å²) in [6.07, 6.45) is 3.94. The highest BCUT2D eigenvalue weighted by molar-refractivity contribution is 5.85. The van der Waals surface area contributed by atoms with Gasteiger partial charge in [-0.2, -0.15) is 0 Å². The third kappa shape index (κ3) is 3.56. The monoisotopic (exact) mass is 524 g/mol. The summed E-state index contributed by atoms with van der Waals surface area (Å²) in [4.78, 5) is 8.04. The van der Waals surface area contributed by atoms with Gasteiger partial charge in [0.05, 0.1) is 18.8 Å². The molecule has 3 heterocycles. The lowest BCUT2D eigenvalue weighted by Gasteiger charge is -2.76. The Morgan fingerprint density at radius 1 is 1.11 bits per heavy atom. The first kappa shape index (κ1) is 24.5. The lowest BCUT2D eigenvalue weighted by molar-refractivity contribution is -0.254. The van der Waals surface area contributed by atoms with Crippen LogP contribution in [0.3, 0.4) is 0 Å². The molecular formula is C30H35F3N4O. The van der Waals surface area contributed by atoms with Gasteiger partial charge in [-0.05, 0) is 68.2 Å². The second-order valence-electron chi connectivity index (χ2n) is 12.3. The molecule has 8 heteroatoms. The van der Waals surface area contributed by atoms with Gasteiger partial charge in [-0.15, -0.1) is 0 Å². The van der Waals surface area contributed by atoms with Crippen molar-refractivity contribution in [3.8, 4) is 0 Å². The molecule has 2 bridgehead atoms. The number of benzene rings is 2. The number of anilines is 1. The van der Waals surface area contributed by atoms with Crippen LogP contribution in [0.1, 0.15) is 55.5 Å². The molecule has 3 aliphatic carbocycles. The average Bonchev–Trinajstić information content (AvgIpc) is 3.18. The Balaban J connectivity index is 1.25. The number of likely N-dealkylation sites (tertiary alicyclic amines) is 1. The van der Waals surface area contributed by atoms with E-state index in [2.05, 4.69) is 33.1 Å². The number of halogens is 3. The van der Waals surface area contributed by atoms with Gasteiger partial charge in [0.1, 0.15) is 11.6 Å². The Bertz CT molecular complexity index is 1340. The highest BCUT2D eigenvalue weighted by atomic mass is 19.1. The minimum atomic E-state index is -0.563. The van der Waals surface area contributed by atoms with E-state index in [1.54, 1.807) is 0 Å². The lowest BCUT2D eigenvalue weighted by atomic mass is 9.38. The van der Waals surface area contributed by atoms with E-state index in [4.69, 9.17) is 0 Å². The Morgan fingerprint density at radius 3 is 2.50 bits per heavy atom. The summed E-state index contributed by atoms with van der Waals surface area (Å²) in [6, 6.07) is 10.6. The van der Waals surface area contributed by atoms with Gasteiger partial charge in [0.15, 0.2) is 0 Å². The predicted octanol–water partition coefficient (Wildman–Crippen LogP) is 5.15. The molecule has 8 rings (SSSR count). The van der Waals surface area contributed by atoms with E-state index in [-0.39, 0.29) is 41.9 Å². The van der Waals surface area contributed by atoms with Gasteiger partial charge in [0, 0.05) is 65.7 Å². The lowest BCUT2D eigenvalue weighted by Crippen LogP contribution is -2.77. The van der Waals surface area contributed by atoms with Crippen molar-refractivity contribution in [2.45, 2.75) is 62.7 Å². The van der Waals surface area contributed by atoms with E-state index in [0.29, 0.717) is 18.7 Å². The fourth-order valence-corrected chi connectivity index (χ4v) is 8.16. The van der Waals surface area contributed by atoms with Crippen LogP contribution in [0.25, 0.3) is 10.9 Å². The molecule has 5 nitrogen and oxygen atoms in total. The molecule has 38 heavy (non-hydrogen) atoms. The topological polar surface area (TPSA) is 54.5 Å². The van der Waals surface area contributed by atoms with E-state index in [9.17, 15) is 9.50 Å². The number of H-pyrrole nitrogens is 1. The first-order valence-electron chi connectivity index (χ1n) is 13.9. The standard InChI is InChI=1S/C30H35F3N4O/c1-18-9-22-21-5-2-3-6-25(21)35-27(22)28(37(18)30-14-29(15-30,16-30)17-38)26-23(32)10-19(11-24(26)33)34-20-12-36(13-20)8-4-7-31/h2-3,5-6,10-11,18,20,28,34-35,38H,4,7-9,12-17H2,1H3/t18-,28-,29?,30?/m0/s1. The molecule has 3 saturated carbocycles. The highest BCUT2D eigenvalue weighted by Gasteiger charge is 2.71. The van der Waals surface area contributed by atoms with Crippen molar-refractivity contribution in [2.24, 2.45) is 5.41 Å². The molecule has 4 fully saturated rings. The number of hydrogen-bond acceptors (Lipinski definition) is 4. The number of aliphatic hydroxyl groups excluding tert-OH is 1. The maximum absolute atomic E-state index is 16.0. The van der Waals surface area contributed by atoms with E-state index in [1.807, 2.05) is 18.2 Å². The molecule has 3 aromatic rings. The number of nitrogens with one attached hydrogen (secondary N) is 2. The summed E-state index contributed by atoms with van der Waals surface area (Å²) in [7, 11) is 0. The van der Waals surface area contributed by atoms with Crippen LogP contribution in [0.2, 0.25) is 0 Å². The molecule has 2 atom stereocenters. The van der Waals surface area contributed by atoms with Crippen LogP contribution < -0.4 is 5.32 Å². The first-order chi connectivity index (χ1) is 18.4. The number of para-hydroxylation sites is 1. The normalized spacial score (nSPS) is 31.0. The Morgan fingerprint density at radius 2 is 1.82 bits per heavy atom. The van der Waals surface area contributed by atoms with Crippen LogP contribution in [0.4, 0.5) is 18.9 Å². The van der Waals surface area contributed by atoms with Crippen LogP contribution in [-0.2, 0) is 6.42 Å². The maximum atomic E-state index is 16.0. The van der Waals surface area contributed by atoms with E-state index in [1.165, 1.54) is 12.1 Å². The van der Waals surface area contributed by atoms with Crippen LogP contribution in [0.15, 0.2) is 36.4 Å². The molecule has 202 valence electrons. The van der Waals surface area contributed by atoms with Crippen molar-refractivity contribution in [3.05, 3.63) is 64.9 Å². The summed E-state index contributed by atoms with van der Waals surface area (Å²) in [6.45, 7) is 4.20. The number of aliphatic hydroxyl groups is 1. The minimum Gasteiger partial charge on any atom is -0.396 e. The van der Waals surface area contributed by atoms with Gasteiger partial charge in [0.2, 0.25) is 0 Å². The largest absolute Gasteiger partial charge is 0.396 e. The van der Waals surface area contributed by atoms with Gasteiger partial charge in [-0.3, -0.25) is 14.2 Å². The summed E-state index contributed by atoms with van der Waals surface area (Å²) < 4.78 is 44.5. The van der Waals surface area contributed by atoms with Crippen LogP contribution >= 0.6 is 0 Å². The number of rotatable bonds is 8. The quantitative estimate of drug-likeness (QED) is 0.382. The summed E-state index contributed by atoms with van der Waals surface area (Å²) in [5.74, 6) is -1.09. The van der Waals surface area contributed by atoms with Crippen LogP contribution in [0, 0.1) is 17.0 Å². The zero-order valence-corrected chi connectivity index (χ0v) is 21.7. The van der Waals surface area contributed by atoms with Crippen molar-refractivity contribution < 1.29 is 18.3 Å². The molecule has 0 spiro atoms. The van der Waals surface area contributed by atoms with Gasteiger partial charge < -0.3 is 15.4 Å². The van der Waals surface area contributed by atoms with E-state index < -0.39 is 17.7 Å². The molecule has 0 unspecified atom stereocenters. The Kier molecular flexibility index (Phi) is 5.63. The molecule has 1 aromatic heterocycles. The number of aromatic nitrogens is 1. The molecule has 0 amide bonds. The molecule has 2 aliphatic heterocycles. The number of aromatic amines is 1. The van der Waals surface area contributed by atoms with Crippen molar-refractivity contribution in [1.29, 1.82) is 0 Å². The van der Waals surface area contributed by atoms with E-state index in [0.717, 1.165) is 60.9 Å². The Labute approximate surface area is 221 Å². The summed E-state index contributed by atoms with van der Waals surface area (Å²) in [5, 5.41) is 14.3. The van der Waals surface area contributed by atoms with Crippen molar-refractivity contribution in [3.63, 3.8) is 0 Å². The maximum Gasteiger partial charge on any atom is 0.133 e. The fourth-order valence-electron chi connectivity index (χ4n) is 8.16. The molecule has 5 aliphatic rings. The van der Waals surface area contributed by atoms with Crippen LogP contribution in [0.5, 0.6) is 0 Å². The number of fused-ring (bicyclic) bond motifs is 3. The van der Waals surface area contributed by atoms with Gasteiger partial charge in [-0.1, -0.05) is 18.2 Å². The number of nitrogens with zero attached hydrogens (tertiary/aromatic N) is 2. The zero-order valence-electron chi connectivity index (χ0n) is 21.7. The minimum absolute atomic E-state index is 0.0171. The zero-order chi connectivity index (χ0) is 26.2. The number of hydrogen-bond donors (Lipinski definition) is 3. The number of alkyl halides is 1. The SMILES string of the molecule is C[C@H]1Cc2c([nH]c3ccccc23)[C@H](c2c(F)cc(NC3CN(CCCF)C3)cc2F)N1C12CC(CO)(C1)C2. The van der Waals surface area contributed by atoms with Crippen molar-refractivity contribution in [2.75, 3.05) is 38.2 Å². The van der Waals surface area contributed by atoms with Crippen LogP contribution in [-0.4, -0.2) is 70.4 Å². The van der Waals surface area contributed by atoms with Gasteiger partial charge in [-0.25, -0.2) is 8.78 Å². The molecule has 3 N–H and O–H groups in total. The predicted molar refractivity (Wildman–Crippen MR) is 142 cm³/mol. The molecule has 1 saturated heterocycles. The van der Waals surface area contributed by atoms with Gasteiger partial charge >= 0.3 is 0 Å². The van der Waals surface area contributed by atoms with E-state index >= 15 is 8.78 Å². The first-order valence-corrected chi connectivity index (χ1v) is 13.9. The molecular weight excluding hydrogens is 489 g/mol. The molecule has 0 radical (unpaired) electrons. The highest BCUT2D eigenvalue weighted by Crippen LogP contribution is 2.72. The second kappa shape index (κ2) is 8.73. The fraction of sp³-hybridized carbons (Fsp3) is 0.533. The third-order valence-corrected chi connectivity index (χ3v) is 9.66. The molecule has 2 aromatic carbocycles. The average molecular weight is 525 g/mol. The smallest absolute Gasteiger partial charge is 0.133 e. The Hall–Kier alpha value is -2.55. The summed E-state index contributed by atoms with van der Waals surface area (Å²) in [5.41, 5.74) is 3.40. The summed E-state index contributed by atoms with van der Waals surface area (Å²) >= 11 is 0. The second-order valence-corrected chi connectivity index (χ2v) is 12.3. The van der Waals surface area contributed by atoms with Crippen molar-refractivity contribution >= 4 is 16.6 Å². The van der Waals surface area contributed by atoms with Crippen molar-refractivity contribution in [1.82, 2.24) is 14.8 Å².